The maximum absolute atomic E-state index is 11.7. The first-order valence-electron chi connectivity index (χ1n) is 2.39. The summed E-state index contributed by atoms with van der Waals surface area (Å²) in [5.41, 5.74) is -2.49. The lowest BCUT2D eigenvalue weighted by atomic mass is 9.94. The summed E-state index contributed by atoms with van der Waals surface area (Å²) >= 11 is 0. The number of alkyl halides is 2. The zero-order chi connectivity index (χ0) is 8.20. The second-order valence-electron chi connectivity index (χ2n) is 1.77. The molecular formula is C5H5F2NO2. The van der Waals surface area contributed by atoms with Crippen molar-refractivity contribution in [3.05, 3.63) is 0 Å². The molecule has 0 fully saturated rings. The van der Waals surface area contributed by atoms with E-state index in [0.29, 0.717) is 0 Å². The summed E-state index contributed by atoms with van der Waals surface area (Å²) in [7, 11) is 0. The van der Waals surface area contributed by atoms with E-state index in [9.17, 15) is 13.6 Å². The molecule has 0 aliphatic carbocycles. The van der Waals surface area contributed by atoms with Crippen LogP contribution in [0.1, 0.15) is 0 Å². The summed E-state index contributed by atoms with van der Waals surface area (Å²) in [5, 5.41) is 16.2. The number of halogens is 2. The normalized spacial score (nSPS) is 10.5. The molecule has 3 nitrogen and oxygen atoms in total. The number of carboxylic acid groups (broad SMARTS) is 1. The Labute approximate surface area is 55.9 Å². The monoisotopic (exact) mass is 149 g/mol. The molecule has 0 aromatic rings. The molecule has 0 bridgehead atoms. The van der Waals surface area contributed by atoms with E-state index < -0.39 is 24.7 Å². The molecule has 0 unspecified atom stereocenters. The summed E-state index contributed by atoms with van der Waals surface area (Å²) in [5.74, 6) is -1.76. The van der Waals surface area contributed by atoms with Gasteiger partial charge in [-0.05, 0) is 0 Å². The largest absolute Gasteiger partial charge is 0.480 e. The average Bonchev–Trinajstić information content (AvgIpc) is 1.92. The topological polar surface area (TPSA) is 61.1 Å². The molecule has 1 N–H and O–H groups in total. The van der Waals surface area contributed by atoms with Gasteiger partial charge in [-0.15, -0.1) is 0 Å². The average molecular weight is 149 g/mol. The van der Waals surface area contributed by atoms with Gasteiger partial charge >= 0.3 is 5.97 Å². The van der Waals surface area contributed by atoms with E-state index in [2.05, 4.69) is 0 Å². The lowest BCUT2D eigenvalue weighted by Crippen LogP contribution is -2.33. The van der Waals surface area contributed by atoms with Gasteiger partial charge in [0.1, 0.15) is 13.3 Å². The number of nitriles is 1. The quantitative estimate of drug-likeness (QED) is 0.636. The van der Waals surface area contributed by atoms with Crippen LogP contribution in [0.3, 0.4) is 0 Å². The van der Waals surface area contributed by atoms with Crippen LogP contribution >= 0.6 is 0 Å². The van der Waals surface area contributed by atoms with E-state index in [4.69, 9.17) is 10.4 Å². The van der Waals surface area contributed by atoms with Crippen LogP contribution in [0.25, 0.3) is 0 Å². The molecule has 0 saturated heterocycles. The lowest BCUT2D eigenvalue weighted by Gasteiger charge is -2.11. The van der Waals surface area contributed by atoms with E-state index >= 15 is 0 Å². The summed E-state index contributed by atoms with van der Waals surface area (Å²) in [6.07, 6.45) is 0. The van der Waals surface area contributed by atoms with Crippen molar-refractivity contribution >= 4 is 5.97 Å². The molecule has 0 radical (unpaired) electrons. The minimum Gasteiger partial charge on any atom is -0.480 e. The Kier molecular flexibility index (Phi) is 2.74. The molecule has 0 rings (SSSR count). The van der Waals surface area contributed by atoms with Gasteiger partial charge in [0.2, 0.25) is 5.41 Å². The number of aliphatic carboxylic acids is 1. The van der Waals surface area contributed by atoms with Gasteiger partial charge in [-0.2, -0.15) is 5.26 Å². The van der Waals surface area contributed by atoms with Crippen molar-refractivity contribution in [1.82, 2.24) is 0 Å². The second-order valence-corrected chi connectivity index (χ2v) is 1.77. The van der Waals surface area contributed by atoms with Gasteiger partial charge in [0.05, 0.1) is 6.07 Å². The SMILES string of the molecule is N#CC(CF)(CF)C(=O)O. The van der Waals surface area contributed by atoms with Crippen molar-refractivity contribution in [2.45, 2.75) is 0 Å². The molecule has 0 aromatic heterocycles. The Morgan fingerprint density at radius 3 is 2.00 bits per heavy atom. The standard InChI is InChI=1S/C5H5F2NO2/c6-1-5(2-7,3-8)4(9)10/h1-2H2,(H,9,10). The molecule has 0 heterocycles. The van der Waals surface area contributed by atoms with Crippen LogP contribution in [0.2, 0.25) is 0 Å². The predicted molar refractivity (Wildman–Crippen MR) is 27.6 cm³/mol. The first-order chi connectivity index (χ1) is 4.63. The molecule has 0 spiro atoms. The van der Waals surface area contributed by atoms with E-state index in [-0.39, 0.29) is 0 Å². The van der Waals surface area contributed by atoms with Gasteiger partial charge in [-0.1, -0.05) is 0 Å². The van der Waals surface area contributed by atoms with Crippen molar-refractivity contribution in [2.24, 2.45) is 5.41 Å². The third-order valence-corrected chi connectivity index (χ3v) is 1.08. The third-order valence-electron chi connectivity index (χ3n) is 1.08. The predicted octanol–water partition coefficient (Wildman–Crippen LogP) is 0.520. The maximum Gasteiger partial charge on any atom is 0.329 e. The van der Waals surface area contributed by atoms with Crippen LogP contribution in [0, 0.1) is 16.7 Å². The Bertz CT molecular complexity index is 171. The summed E-state index contributed by atoms with van der Waals surface area (Å²) in [4.78, 5) is 10.0. The van der Waals surface area contributed by atoms with Crippen molar-refractivity contribution < 1.29 is 18.7 Å². The van der Waals surface area contributed by atoms with Crippen LogP contribution in [0.15, 0.2) is 0 Å². The van der Waals surface area contributed by atoms with E-state index in [1.807, 2.05) is 0 Å². The van der Waals surface area contributed by atoms with E-state index in [0.717, 1.165) is 6.07 Å². The molecule has 10 heavy (non-hydrogen) atoms. The Morgan fingerprint density at radius 2 is 2.00 bits per heavy atom. The zero-order valence-electron chi connectivity index (χ0n) is 4.97. The van der Waals surface area contributed by atoms with Gasteiger partial charge in [-0.25, -0.2) is 8.78 Å². The van der Waals surface area contributed by atoms with Crippen LogP contribution in [0.5, 0.6) is 0 Å². The number of hydrogen-bond donors (Lipinski definition) is 1. The van der Waals surface area contributed by atoms with Gasteiger partial charge in [0.15, 0.2) is 0 Å². The van der Waals surface area contributed by atoms with Crippen LogP contribution < -0.4 is 0 Å². The van der Waals surface area contributed by atoms with Gasteiger partial charge < -0.3 is 5.11 Å². The molecule has 0 amide bonds. The number of nitrogens with zero attached hydrogens (tertiary/aromatic N) is 1. The highest BCUT2D eigenvalue weighted by Crippen LogP contribution is 2.17. The number of rotatable bonds is 3. The highest BCUT2D eigenvalue weighted by molar-refractivity contribution is 5.78. The molecule has 0 atom stereocenters. The lowest BCUT2D eigenvalue weighted by molar-refractivity contribution is -0.147. The molecule has 0 aliphatic heterocycles. The first kappa shape index (κ1) is 8.82. The highest BCUT2D eigenvalue weighted by atomic mass is 19.1. The molecule has 0 aliphatic rings. The molecule has 5 heteroatoms. The second kappa shape index (κ2) is 3.11. The van der Waals surface area contributed by atoms with Gasteiger partial charge in [0.25, 0.3) is 0 Å². The number of hydrogen-bond acceptors (Lipinski definition) is 2. The summed E-state index contributed by atoms with van der Waals surface area (Å²) in [6.45, 7) is -3.01. The minimum atomic E-state index is -2.49. The molecule has 0 saturated carbocycles. The Balaban J connectivity index is 4.52. The number of carboxylic acids is 1. The molecule has 56 valence electrons. The van der Waals surface area contributed by atoms with Gasteiger partial charge in [-0.3, -0.25) is 4.79 Å². The first-order valence-corrected chi connectivity index (χ1v) is 2.39. The smallest absolute Gasteiger partial charge is 0.329 e. The zero-order valence-corrected chi connectivity index (χ0v) is 4.97. The fourth-order valence-electron chi connectivity index (χ4n) is 0.258. The fraction of sp³-hybridized carbons (Fsp3) is 0.600. The fourth-order valence-corrected chi connectivity index (χ4v) is 0.258. The highest BCUT2D eigenvalue weighted by Gasteiger charge is 2.39. The minimum absolute atomic E-state index is 1.06. The van der Waals surface area contributed by atoms with Crippen molar-refractivity contribution in [2.75, 3.05) is 13.3 Å². The molecule has 0 aromatic carbocycles. The Morgan fingerprint density at radius 1 is 1.60 bits per heavy atom. The van der Waals surface area contributed by atoms with Crippen LogP contribution in [-0.4, -0.2) is 24.4 Å². The van der Waals surface area contributed by atoms with Crippen LogP contribution in [-0.2, 0) is 4.79 Å². The Hall–Kier alpha value is -1.18. The van der Waals surface area contributed by atoms with E-state index in [1.54, 1.807) is 0 Å². The van der Waals surface area contributed by atoms with Crippen molar-refractivity contribution in [3.8, 4) is 6.07 Å². The van der Waals surface area contributed by atoms with Crippen molar-refractivity contribution in [3.63, 3.8) is 0 Å². The summed E-state index contributed by atoms with van der Waals surface area (Å²) in [6, 6.07) is 1.06. The van der Waals surface area contributed by atoms with Gasteiger partial charge in [0, 0.05) is 0 Å². The summed E-state index contributed by atoms with van der Waals surface area (Å²) < 4.78 is 23.4. The van der Waals surface area contributed by atoms with Crippen molar-refractivity contribution in [1.29, 1.82) is 5.26 Å². The number of carbonyl (C=O) groups is 1. The maximum atomic E-state index is 11.7. The third kappa shape index (κ3) is 1.21. The molecular weight excluding hydrogens is 144 g/mol. The van der Waals surface area contributed by atoms with E-state index in [1.165, 1.54) is 0 Å². The van der Waals surface area contributed by atoms with Crippen LogP contribution in [0.4, 0.5) is 8.78 Å².